The summed E-state index contributed by atoms with van der Waals surface area (Å²) < 4.78 is 5.65. The Kier molecular flexibility index (Phi) is 3.92. The first-order valence-corrected chi connectivity index (χ1v) is 7.42. The number of fused-ring (bicyclic) bond motifs is 2. The SMILES string of the molecule is O=C(O)c1cccc(OCCCN2CC3CCC2C3)c1. The lowest BCUT2D eigenvalue weighted by Gasteiger charge is -2.26. The number of benzene rings is 1. The second-order valence-corrected chi connectivity index (χ2v) is 5.86. The average Bonchev–Trinajstić information content (AvgIpc) is 3.06. The summed E-state index contributed by atoms with van der Waals surface area (Å²) in [4.78, 5) is 13.5. The summed E-state index contributed by atoms with van der Waals surface area (Å²) >= 11 is 0. The van der Waals surface area contributed by atoms with Crippen LogP contribution < -0.4 is 4.74 Å². The molecule has 20 heavy (non-hydrogen) atoms. The van der Waals surface area contributed by atoms with Gasteiger partial charge in [0.05, 0.1) is 12.2 Å². The number of carboxylic acids is 1. The Bertz CT molecular complexity index is 488. The second kappa shape index (κ2) is 5.83. The van der Waals surface area contributed by atoms with Crippen molar-refractivity contribution < 1.29 is 14.6 Å². The zero-order chi connectivity index (χ0) is 13.9. The zero-order valence-corrected chi connectivity index (χ0v) is 11.6. The van der Waals surface area contributed by atoms with E-state index in [4.69, 9.17) is 9.84 Å². The fraction of sp³-hybridized carbons (Fsp3) is 0.562. The van der Waals surface area contributed by atoms with Crippen molar-refractivity contribution in [2.45, 2.75) is 31.7 Å². The lowest BCUT2D eigenvalue weighted by molar-refractivity contribution is 0.0696. The molecule has 3 rings (SSSR count). The summed E-state index contributed by atoms with van der Waals surface area (Å²) in [5, 5.41) is 8.92. The maximum atomic E-state index is 10.9. The molecule has 4 nitrogen and oxygen atoms in total. The van der Waals surface area contributed by atoms with Gasteiger partial charge in [-0.05, 0) is 49.8 Å². The van der Waals surface area contributed by atoms with Crippen LogP contribution in [-0.2, 0) is 0 Å². The van der Waals surface area contributed by atoms with Gasteiger partial charge in [0, 0.05) is 19.1 Å². The largest absolute Gasteiger partial charge is 0.494 e. The summed E-state index contributed by atoms with van der Waals surface area (Å²) in [7, 11) is 0. The Morgan fingerprint density at radius 2 is 2.30 bits per heavy atom. The van der Waals surface area contributed by atoms with E-state index < -0.39 is 5.97 Å². The van der Waals surface area contributed by atoms with Gasteiger partial charge in [-0.1, -0.05) is 6.07 Å². The maximum absolute atomic E-state index is 10.9. The van der Waals surface area contributed by atoms with Gasteiger partial charge in [0.1, 0.15) is 5.75 Å². The van der Waals surface area contributed by atoms with Crippen LogP contribution in [0.2, 0.25) is 0 Å². The van der Waals surface area contributed by atoms with Crippen molar-refractivity contribution in [1.29, 1.82) is 0 Å². The Balaban J connectivity index is 1.41. The van der Waals surface area contributed by atoms with Crippen LogP contribution in [0.1, 0.15) is 36.0 Å². The third-order valence-electron chi connectivity index (χ3n) is 4.46. The first kappa shape index (κ1) is 13.4. The van der Waals surface area contributed by atoms with Crippen molar-refractivity contribution in [3.05, 3.63) is 29.8 Å². The highest BCUT2D eigenvalue weighted by Crippen LogP contribution is 2.37. The number of likely N-dealkylation sites (tertiary alicyclic amines) is 1. The van der Waals surface area contributed by atoms with Crippen LogP contribution in [0.25, 0.3) is 0 Å². The summed E-state index contributed by atoms with van der Waals surface area (Å²) in [5.41, 5.74) is 0.277. The van der Waals surface area contributed by atoms with Crippen molar-refractivity contribution in [3.8, 4) is 5.75 Å². The minimum absolute atomic E-state index is 0.277. The average molecular weight is 275 g/mol. The van der Waals surface area contributed by atoms with E-state index in [0.717, 1.165) is 24.9 Å². The monoisotopic (exact) mass is 275 g/mol. The van der Waals surface area contributed by atoms with Crippen LogP contribution in [0, 0.1) is 5.92 Å². The van der Waals surface area contributed by atoms with Gasteiger partial charge in [0.2, 0.25) is 0 Å². The van der Waals surface area contributed by atoms with E-state index in [1.165, 1.54) is 25.8 Å². The minimum Gasteiger partial charge on any atom is -0.494 e. The summed E-state index contributed by atoms with van der Waals surface area (Å²) in [6.45, 7) is 3.01. The summed E-state index contributed by atoms with van der Waals surface area (Å²) in [6, 6.07) is 7.51. The molecule has 0 radical (unpaired) electrons. The number of hydrogen-bond donors (Lipinski definition) is 1. The van der Waals surface area contributed by atoms with E-state index >= 15 is 0 Å². The van der Waals surface area contributed by atoms with Gasteiger partial charge in [-0.15, -0.1) is 0 Å². The molecular formula is C16H21NO3. The number of piperidine rings is 1. The Labute approximate surface area is 119 Å². The lowest BCUT2D eigenvalue weighted by atomic mass is 10.1. The number of aromatic carboxylic acids is 1. The number of rotatable bonds is 6. The highest BCUT2D eigenvalue weighted by atomic mass is 16.5. The molecule has 2 unspecified atom stereocenters. The number of carboxylic acid groups (broad SMARTS) is 1. The molecule has 2 fully saturated rings. The van der Waals surface area contributed by atoms with Crippen LogP contribution in [0.4, 0.5) is 0 Å². The van der Waals surface area contributed by atoms with Crippen molar-refractivity contribution in [3.63, 3.8) is 0 Å². The van der Waals surface area contributed by atoms with Gasteiger partial charge in [-0.3, -0.25) is 4.90 Å². The minimum atomic E-state index is -0.913. The Morgan fingerprint density at radius 3 is 3.00 bits per heavy atom. The second-order valence-electron chi connectivity index (χ2n) is 5.86. The molecule has 2 bridgehead atoms. The van der Waals surface area contributed by atoms with Crippen molar-refractivity contribution in [2.24, 2.45) is 5.92 Å². The van der Waals surface area contributed by atoms with E-state index in [1.54, 1.807) is 18.2 Å². The van der Waals surface area contributed by atoms with Crippen LogP contribution in [0.15, 0.2) is 24.3 Å². The molecule has 1 N–H and O–H groups in total. The molecule has 4 heteroatoms. The smallest absolute Gasteiger partial charge is 0.335 e. The van der Waals surface area contributed by atoms with Gasteiger partial charge in [-0.25, -0.2) is 4.79 Å². The summed E-state index contributed by atoms with van der Waals surface area (Å²) in [5.74, 6) is 0.671. The van der Waals surface area contributed by atoms with E-state index in [9.17, 15) is 4.79 Å². The first-order valence-electron chi connectivity index (χ1n) is 7.42. The Morgan fingerprint density at radius 1 is 1.40 bits per heavy atom. The van der Waals surface area contributed by atoms with Gasteiger partial charge in [0.15, 0.2) is 0 Å². The van der Waals surface area contributed by atoms with Crippen LogP contribution >= 0.6 is 0 Å². The molecule has 2 aliphatic rings. The molecule has 1 heterocycles. The van der Waals surface area contributed by atoms with Crippen LogP contribution in [0.5, 0.6) is 5.75 Å². The van der Waals surface area contributed by atoms with Crippen molar-refractivity contribution >= 4 is 5.97 Å². The van der Waals surface area contributed by atoms with E-state index in [1.807, 2.05) is 6.07 Å². The van der Waals surface area contributed by atoms with E-state index in [2.05, 4.69) is 4.90 Å². The quantitative estimate of drug-likeness (QED) is 0.811. The predicted molar refractivity (Wildman–Crippen MR) is 76.2 cm³/mol. The van der Waals surface area contributed by atoms with Crippen LogP contribution in [-0.4, -0.2) is 41.7 Å². The number of ether oxygens (including phenoxy) is 1. The van der Waals surface area contributed by atoms with Gasteiger partial charge in [-0.2, -0.15) is 0 Å². The van der Waals surface area contributed by atoms with Gasteiger partial charge >= 0.3 is 5.97 Å². The number of hydrogen-bond acceptors (Lipinski definition) is 3. The van der Waals surface area contributed by atoms with Gasteiger partial charge < -0.3 is 9.84 Å². The molecular weight excluding hydrogens is 254 g/mol. The highest BCUT2D eigenvalue weighted by molar-refractivity contribution is 5.87. The fourth-order valence-electron chi connectivity index (χ4n) is 3.48. The normalized spacial score (nSPS) is 25.0. The third-order valence-corrected chi connectivity index (χ3v) is 4.46. The first-order chi connectivity index (χ1) is 9.72. The molecule has 1 aromatic rings. The molecule has 1 saturated heterocycles. The van der Waals surface area contributed by atoms with Crippen molar-refractivity contribution in [2.75, 3.05) is 19.7 Å². The van der Waals surface area contributed by atoms with E-state index in [0.29, 0.717) is 12.4 Å². The molecule has 0 aromatic heterocycles. The predicted octanol–water partition coefficient (Wildman–Crippen LogP) is 2.64. The molecule has 108 valence electrons. The molecule has 0 spiro atoms. The van der Waals surface area contributed by atoms with Crippen LogP contribution in [0.3, 0.4) is 0 Å². The molecule has 1 aliphatic heterocycles. The number of nitrogens with zero attached hydrogens (tertiary/aromatic N) is 1. The maximum Gasteiger partial charge on any atom is 0.335 e. The van der Waals surface area contributed by atoms with E-state index in [-0.39, 0.29) is 5.56 Å². The molecule has 1 aromatic carbocycles. The molecule has 1 saturated carbocycles. The number of carbonyl (C=O) groups is 1. The topological polar surface area (TPSA) is 49.8 Å². The fourth-order valence-corrected chi connectivity index (χ4v) is 3.48. The molecule has 2 atom stereocenters. The molecule has 1 aliphatic carbocycles. The van der Waals surface area contributed by atoms with Crippen molar-refractivity contribution in [1.82, 2.24) is 4.90 Å². The standard InChI is InChI=1S/C16H21NO3/c18-16(19)13-3-1-4-15(10-13)20-8-2-7-17-11-12-5-6-14(17)9-12/h1,3-4,10,12,14H,2,5-9,11H2,(H,18,19). The lowest BCUT2D eigenvalue weighted by Crippen LogP contribution is -2.33. The summed E-state index contributed by atoms with van der Waals surface area (Å²) in [6.07, 6.45) is 5.17. The molecule has 0 amide bonds. The third kappa shape index (κ3) is 2.96. The zero-order valence-electron chi connectivity index (χ0n) is 11.6. The Hall–Kier alpha value is -1.55. The highest BCUT2D eigenvalue weighted by Gasteiger charge is 2.36. The van der Waals surface area contributed by atoms with Gasteiger partial charge in [0.25, 0.3) is 0 Å².